The highest BCUT2D eigenvalue weighted by Crippen LogP contribution is 2.47. The fourth-order valence-electron chi connectivity index (χ4n) is 5.19. The van der Waals surface area contributed by atoms with Crippen LogP contribution >= 0.6 is 0 Å². The summed E-state index contributed by atoms with van der Waals surface area (Å²) in [5.74, 6) is 0.599. The number of rotatable bonds is 6. The molecule has 2 aromatic rings. The van der Waals surface area contributed by atoms with Crippen LogP contribution in [-0.4, -0.2) is 65.0 Å². The van der Waals surface area contributed by atoms with Gasteiger partial charge < -0.3 is 21.1 Å². The van der Waals surface area contributed by atoms with E-state index >= 15 is 0 Å². The van der Waals surface area contributed by atoms with Crippen molar-refractivity contribution < 1.29 is 9.90 Å². The number of nitrogens with two attached hydrogens (primary N) is 1. The van der Waals surface area contributed by atoms with Crippen LogP contribution in [0.3, 0.4) is 0 Å². The minimum Gasteiger partial charge on any atom is -0.368 e. The van der Waals surface area contributed by atoms with Gasteiger partial charge in [0, 0.05) is 17.6 Å². The number of aliphatic hydroxyl groups is 1. The van der Waals surface area contributed by atoms with Gasteiger partial charge in [0.15, 0.2) is 12.2 Å². The molecule has 5 N–H and O–H groups in total. The highest BCUT2D eigenvalue weighted by molar-refractivity contribution is 5.80. The normalized spacial score (nSPS) is 27.8. The number of aromatic nitrogens is 2. The molecule has 1 atom stereocenters. The van der Waals surface area contributed by atoms with Crippen LogP contribution in [0.5, 0.6) is 0 Å². The number of carbonyl (C=O) groups is 1. The lowest BCUT2D eigenvalue weighted by Gasteiger charge is -2.49. The van der Waals surface area contributed by atoms with Gasteiger partial charge in [-0.2, -0.15) is 0 Å². The molecule has 2 fully saturated rings. The molecular weight excluding hydrogens is 406 g/mol. The van der Waals surface area contributed by atoms with Gasteiger partial charge in [0.05, 0.1) is 12.7 Å². The molecule has 32 heavy (non-hydrogen) atoms. The molecule has 1 aliphatic carbocycles. The Morgan fingerprint density at radius 1 is 1.28 bits per heavy atom. The number of anilines is 2. The third-order valence-electron chi connectivity index (χ3n) is 7.03. The van der Waals surface area contributed by atoms with Crippen LogP contribution in [0.2, 0.25) is 0 Å². The Labute approximate surface area is 189 Å². The fourth-order valence-corrected chi connectivity index (χ4v) is 5.19. The topological polar surface area (TPSA) is 120 Å². The Balaban J connectivity index is 1.55. The first-order chi connectivity index (χ1) is 15.2. The number of nitrogens with zero attached hydrogens (tertiary/aromatic N) is 4. The Morgan fingerprint density at radius 2 is 1.97 bits per heavy atom. The van der Waals surface area contributed by atoms with Gasteiger partial charge in [-0.3, -0.25) is 15.0 Å². The molecule has 9 heteroatoms. The van der Waals surface area contributed by atoms with E-state index in [1.54, 1.807) is 13.1 Å². The SMILES string of the molecule is Cc1ncc(N2C[C@]3(CC[C@](c4ccccc4)(N(C)C)CC3)NC2O)c(NCC(N)=O)n1. The van der Waals surface area contributed by atoms with Crippen LogP contribution in [0.15, 0.2) is 36.5 Å². The zero-order valence-corrected chi connectivity index (χ0v) is 19.0. The van der Waals surface area contributed by atoms with E-state index in [1.165, 1.54) is 5.56 Å². The maximum atomic E-state index is 11.3. The van der Waals surface area contributed by atoms with E-state index in [-0.39, 0.29) is 17.6 Å². The van der Waals surface area contributed by atoms with Crippen LogP contribution in [0.1, 0.15) is 37.1 Å². The molecule has 1 spiro atoms. The van der Waals surface area contributed by atoms with Gasteiger partial charge in [-0.15, -0.1) is 0 Å². The van der Waals surface area contributed by atoms with E-state index in [2.05, 4.69) is 69.9 Å². The van der Waals surface area contributed by atoms with E-state index < -0.39 is 12.3 Å². The maximum Gasteiger partial charge on any atom is 0.236 e. The van der Waals surface area contributed by atoms with Gasteiger partial charge >= 0.3 is 0 Å². The number of amides is 1. The van der Waals surface area contributed by atoms with Gasteiger partial charge in [-0.1, -0.05) is 30.3 Å². The zero-order valence-electron chi connectivity index (χ0n) is 19.0. The minimum atomic E-state index is -0.862. The van der Waals surface area contributed by atoms with Crippen molar-refractivity contribution in [2.24, 2.45) is 5.73 Å². The second-order valence-corrected chi connectivity index (χ2v) is 9.19. The number of aliphatic hydroxyl groups excluding tert-OH is 1. The van der Waals surface area contributed by atoms with E-state index in [0.717, 1.165) is 25.7 Å². The number of primary amides is 1. The van der Waals surface area contributed by atoms with Gasteiger partial charge in [0.2, 0.25) is 5.91 Å². The summed E-state index contributed by atoms with van der Waals surface area (Å²) in [6.45, 7) is 2.38. The summed E-state index contributed by atoms with van der Waals surface area (Å²) in [6, 6.07) is 10.7. The lowest BCUT2D eigenvalue weighted by Crippen LogP contribution is -2.54. The lowest BCUT2D eigenvalue weighted by molar-refractivity contribution is -0.116. The molecule has 1 saturated carbocycles. The van der Waals surface area contributed by atoms with Crippen LogP contribution in [-0.2, 0) is 10.3 Å². The second-order valence-electron chi connectivity index (χ2n) is 9.19. The molecule has 1 saturated heterocycles. The number of hydrogen-bond acceptors (Lipinski definition) is 8. The summed E-state index contributed by atoms with van der Waals surface area (Å²) >= 11 is 0. The highest BCUT2D eigenvalue weighted by atomic mass is 16.3. The first-order valence-corrected chi connectivity index (χ1v) is 11.1. The number of aryl methyl sites for hydroxylation is 1. The Kier molecular flexibility index (Phi) is 6.07. The van der Waals surface area contributed by atoms with Crippen molar-refractivity contribution in [2.75, 3.05) is 37.4 Å². The first-order valence-electron chi connectivity index (χ1n) is 11.1. The van der Waals surface area contributed by atoms with Crippen molar-refractivity contribution >= 4 is 17.4 Å². The summed E-state index contributed by atoms with van der Waals surface area (Å²) in [5, 5.41) is 17.3. The molecule has 1 aliphatic heterocycles. The van der Waals surface area contributed by atoms with Crippen molar-refractivity contribution in [3.8, 4) is 0 Å². The Morgan fingerprint density at radius 3 is 2.59 bits per heavy atom. The van der Waals surface area contributed by atoms with Crippen molar-refractivity contribution in [3.05, 3.63) is 47.9 Å². The Hall–Kier alpha value is -2.75. The molecule has 1 amide bonds. The van der Waals surface area contributed by atoms with E-state index in [9.17, 15) is 9.90 Å². The monoisotopic (exact) mass is 439 g/mol. The molecule has 2 heterocycles. The van der Waals surface area contributed by atoms with Gasteiger partial charge in [0.1, 0.15) is 11.5 Å². The van der Waals surface area contributed by atoms with Gasteiger partial charge in [0.25, 0.3) is 0 Å². The molecule has 1 aromatic carbocycles. The molecule has 1 unspecified atom stereocenters. The molecule has 9 nitrogen and oxygen atoms in total. The van der Waals surface area contributed by atoms with Crippen molar-refractivity contribution in [3.63, 3.8) is 0 Å². The maximum absolute atomic E-state index is 11.3. The van der Waals surface area contributed by atoms with Crippen molar-refractivity contribution in [2.45, 2.75) is 50.0 Å². The largest absolute Gasteiger partial charge is 0.368 e. The predicted octanol–water partition coefficient (Wildman–Crippen LogP) is 1.14. The highest BCUT2D eigenvalue weighted by Gasteiger charge is 2.50. The summed E-state index contributed by atoms with van der Waals surface area (Å²) < 4.78 is 0. The molecule has 0 radical (unpaired) electrons. The number of carbonyl (C=O) groups excluding carboxylic acids is 1. The van der Waals surface area contributed by atoms with Crippen molar-refractivity contribution in [1.29, 1.82) is 0 Å². The van der Waals surface area contributed by atoms with E-state index in [1.807, 2.05) is 4.90 Å². The molecule has 172 valence electrons. The number of benzene rings is 1. The van der Waals surface area contributed by atoms with Gasteiger partial charge in [-0.05, 0) is 52.3 Å². The third-order valence-corrected chi connectivity index (χ3v) is 7.03. The fraction of sp³-hybridized carbons (Fsp3) is 0.522. The second kappa shape index (κ2) is 8.65. The van der Waals surface area contributed by atoms with E-state index in [0.29, 0.717) is 23.9 Å². The average Bonchev–Trinajstić information content (AvgIpc) is 3.09. The molecule has 1 aromatic heterocycles. The van der Waals surface area contributed by atoms with Crippen LogP contribution in [0, 0.1) is 6.92 Å². The smallest absolute Gasteiger partial charge is 0.236 e. The Bertz CT molecular complexity index is 958. The van der Waals surface area contributed by atoms with Gasteiger partial charge in [-0.25, -0.2) is 9.97 Å². The summed E-state index contributed by atoms with van der Waals surface area (Å²) in [4.78, 5) is 24.2. The lowest BCUT2D eigenvalue weighted by atomic mass is 9.69. The first kappa shape index (κ1) is 22.4. The van der Waals surface area contributed by atoms with Crippen LogP contribution < -0.4 is 21.3 Å². The molecule has 0 bridgehead atoms. The average molecular weight is 440 g/mol. The standard InChI is InChI=1S/C23H33N7O2/c1-16-25-13-18(20(27-16)26-14-19(24)31)30-15-22(28-21(30)32)9-11-23(12-10-22,29(2)3)17-7-5-4-6-8-17/h4-8,13,21,28,32H,9-12,14-15H2,1-3H3,(H2,24,31)(H,25,26,27)/t21?,22-,23+. The molecule has 2 aliphatic rings. The van der Waals surface area contributed by atoms with Crippen LogP contribution in [0.4, 0.5) is 11.5 Å². The zero-order chi connectivity index (χ0) is 22.9. The predicted molar refractivity (Wildman–Crippen MR) is 124 cm³/mol. The third kappa shape index (κ3) is 4.15. The summed E-state index contributed by atoms with van der Waals surface area (Å²) in [7, 11) is 4.29. The quantitative estimate of drug-likeness (QED) is 0.529. The summed E-state index contributed by atoms with van der Waals surface area (Å²) in [5.41, 5.74) is 7.05. The molecule has 4 rings (SSSR count). The van der Waals surface area contributed by atoms with E-state index in [4.69, 9.17) is 5.73 Å². The van der Waals surface area contributed by atoms with Crippen molar-refractivity contribution in [1.82, 2.24) is 20.2 Å². The minimum absolute atomic E-state index is 0.0201. The summed E-state index contributed by atoms with van der Waals surface area (Å²) in [6.07, 6.45) is 4.63. The van der Waals surface area contributed by atoms with Crippen LogP contribution in [0.25, 0.3) is 0 Å². The number of hydrogen-bond donors (Lipinski definition) is 4. The molecular formula is C23H33N7O2. The number of nitrogens with one attached hydrogen (secondary N) is 2.